The van der Waals surface area contributed by atoms with Gasteiger partial charge in [0.1, 0.15) is 12.4 Å². The molecule has 6 nitrogen and oxygen atoms in total. The Balaban J connectivity index is 1.55. The van der Waals surface area contributed by atoms with Crippen LogP contribution in [-0.2, 0) is 14.8 Å². The van der Waals surface area contributed by atoms with E-state index in [1.54, 1.807) is 59.5 Å². The van der Waals surface area contributed by atoms with E-state index in [1.807, 2.05) is 24.0 Å². The number of aryl methyl sites for hydroxylation is 1. The number of hydrogen-bond donors (Lipinski definition) is 0. The lowest BCUT2D eigenvalue weighted by Gasteiger charge is -2.37. The zero-order valence-electron chi connectivity index (χ0n) is 20.9. The Labute approximate surface area is 213 Å². The predicted octanol–water partition coefficient (Wildman–Crippen LogP) is 4.80. The van der Waals surface area contributed by atoms with Crippen LogP contribution in [-0.4, -0.2) is 51.9 Å². The summed E-state index contributed by atoms with van der Waals surface area (Å²) in [6.45, 7) is 7.44. The van der Waals surface area contributed by atoms with E-state index in [1.165, 1.54) is 10.4 Å². The van der Waals surface area contributed by atoms with Gasteiger partial charge in [0.15, 0.2) is 0 Å². The smallest absolute Gasteiger partial charge is 0.264 e. The second-order valence-electron chi connectivity index (χ2n) is 9.39. The maximum absolute atomic E-state index is 14.2. The third kappa shape index (κ3) is 5.54. The summed E-state index contributed by atoms with van der Waals surface area (Å²) in [6.07, 6.45) is 0. The third-order valence-electron chi connectivity index (χ3n) is 6.56. The number of carbonyl (C=O) groups is 1. The van der Waals surface area contributed by atoms with E-state index in [0.717, 1.165) is 11.1 Å². The van der Waals surface area contributed by atoms with E-state index in [2.05, 4.69) is 13.8 Å². The Morgan fingerprint density at radius 1 is 0.917 bits per heavy atom. The SMILES string of the molecule is Cc1ccc(S(=O)(=O)N(CC(=O)N2CCN(c3ccccc3F)CC2)c2ccc(C(C)C)cc2)cc1. The molecule has 190 valence electrons. The Kier molecular flexibility index (Phi) is 7.64. The number of rotatable bonds is 7. The number of hydrogen-bond acceptors (Lipinski definition) is 4. The Morgan fingerprint density at radius 3 is 2.11 bits per heavy atom. The summed E-state index contributed by atoms with van der Waals surface area (Å²) in [5.41, 5.74) is 2.99. The van der Waals surface area contributed by atoms with Crippen molar-refractivity contribution in [3.63, 3.8) is 0 Å². The summed E-state index contributed by atoms with van der Waals surface area (Å²) < 4.78 is 42.7. The van der Waals surface area contributed by atoms with E-state index in [9.17, 15) is 17.6 Å². The van der Waals surface area contributed by atoms with E-state index in [-0.39, 0.29) is 23.2 Å². The van der Waals surface area contributed by atoms with Gasteiger partial charge in [-0.2, -0.15) is 0 Å². The maximum atomic E-state index is 14.2. The molecule has 3 aromatic rings. The molecule has 0 spiro atoms. The highest BCUT2D eigenvalue weighted by Gasteiger charge is 2.30. The van der Waals surface area contributed by atoms with Crippen LogP contribution < -0.4 is 9.21 Å². The first-order valence-corrected chi connectivity index (χ1v) is 13.6. The van der Waals surface area contributed by atoms with Crippen molar-refractivity contribution in [2.45, 2.75) is 31.6 Å². The molecule has 4 rings (SSSR count). The summed E-state index contributed by atoms with van der Waals surface area (Å²) in [6, 6.07) is 20.5. The van der Waals surface area contributed by atoms with Gasteiger partial charge in [0.05, 0.1) is 16.3 Å². The molecule has 0 radical (unpaired) electrons. The van der Waals surface area contributed by atoms with E-state index in [4.69, 9.17) is 0 Å². The Hall–Kier alpha value is -3.39. The van der Waals surface area contributed by atoms with Crippen LogP contribution in [0.2, 0.25) is 0 Å². The minimum absolute atomic E-state index is 0.137. The molecule has 0 atom stereocenters. The highest BCUT2D eigenvalue weighted by Crippen LogP contribution is 2.27. The van der Waals surface area contributed by atoms with Gasteiger partial charge >= 0.3 is 0 Å². The van der Waals surface area contributed by atoms with Gasteiger partial charge in [0, 0.05) is 26.2 Å². The molecule has 0 unspecified atom stereocenters. The van der Waals surface area contributed by atoms with Crippen molar-refractivity contribution in [1.29, 1.82) is 0 Å². The van der Waals surface area contributed by atoms with Crippen molar-refractivity contribution in [1.82, 2.24) is 4.90 Å². The fourth-order valence-electron chi connectivity index (χ4n) is 4.31. The first-order chi connectivity index (χ1) is 17.2. The topological polar surface area (TPSA) is 60.9 Å². The molecule has 0 saturated carbocycles. The fourth-order valence-corrected chi connectivity index (χ4v) is 5.72. The lowest BCUT2D eigenvalue weighted by atomic mass is 10.0. The van der Waals surface area contributed by atoms with Crippen LogP contribution in [0, 0.1) is 12.7 Å². The van der Waals surface area contributed by atoms with Crippen molar-refractivity contribution in [2.75, 3.05) is 41.9 Å². The lowest BCUT2D eigenvalue weighted by Crippen LogP contribution is -2.52. The van der Waals surface area contributed by atoms with Crippen molar-refractivity contribution in [2.24, 2.45) is 0 Å². The first kappa shape index (κ1) is 25.7. The molecule has 0 bridgehead atoms. The van der Waals surface area contributed by atoms with Gasteiger partial charge in [-0.15, -0.1) is 0 Å². The van der Waals surface area contributed by atoms with E-state index < -0.39 is 10.0 Å². The maximum Gasteiger partial charge on any atom is 0.264 e. The number of benzene rings is 3. The molecule has 1 aliphatic rings. The summed E-state index contributed by atoms with van der Waals surface area (Å²) in [7, 11) is -3.97. The van der Waals surface area contributed by atoms with E-state index in [0.29, 0.717) is 43.5 Å². The molecular weight excluding hydrogens is 477 g/mol. The summed E-state index contributed by atoms with van der Waals surface area (Å²) in [4.78, 5) is 17.0. The molecule has 3 aromatic carbocycles. The standard InChI is InChI=1S/C28H32FN3O3S/c1-21(2)23-10-12-24(13-11-23)32(36(34,35)25-14-8-22(3)9-15-25)20-28(33)31-18-16-30(17-19-31)27-7-5-4-6-26(27)29/h4-15,21H,16-20H2,1-3H3. The van der Waals surface area contributed by atoms with Crippen LogP contribution in [0.25, 0.3) is 0 Å². The fraction of sp³-hybridized carbons (Fsp3) is 0.321. The third-order valence-corrected chi connectivity index (χ3v) is 8.35. The van der Waals surface area contributed by atoms with Crippen LogP contribution >= 0.6 is 0 Å². The molecule has 36 heavy (non-hydrogen) atoms. The second-order valence-corrected chi connectivity index (χ2v) is 11.3. The van der Waals surface area contributed by atoms with Gasteiger partial charge in [-0.25, -0.2) is 12.8 Å². The van der Waals surface area contributed by atoms with Crippen molar-refractivity contribution in [3.8, 4) is 0 Å². The summed E-state index contributed by atoms with van der Waals surface area (Å²) in [5.74, 6) is -0.280. The van der Waals surface area contributed by atoms with Crippen molar-refractivity contribution < 1.29 is 17.6 Å². The van der Waals surface area contributed by atoms with Crippen LogP contribution in [0.1, 0.15) is 30.9 Å². The molecular formula is C28H32FN3O3S. The average molecular weight is 510 g/mol. The normalized spacial score (nSPS) is 14.2. The van der Waals surface area contributed by atoms with Crippen LogP contribution in [0.4, 0.5) is 15.8 Å². The van der Waals surface area contributed by atoms with Gasteiger partial charge in [0.25, 0.3) is 10.0 Å². The van der Waals surface area contributed by atoms with Gasteiger partial charge in [-0.3, -0.25) is 9.10 Å². The highest BCUT2D eigenvalue weighted by atomic mass is 32.2. The number of amides is 1. The van der Waals surface area contributed by atoms with Crippen LogP contribution in [0.15, 0.2) is 77.7 Å². The molecule has 0 aromatic heterocycles. The van der Waals surface area contributed by atoms with Crippen LogP contribution in [0.3, 0.4) is 0 Å². The van der Waals surface area contributed by atoms with Gasteiger partial charge in [0.2, 0.25) is 5.91 Å². The molecule has 1 saturated heterocycles. The zero-order valence-corrected chi connectivity index (χ0v) is 21.7. The molecule has 0 N–H and O–H groups in total. The van der Waals surface area contributed by atoms with E-state index >= 15 is 0 Å². The number of anilines is 2. The minimum Gasteiger partial charge on any atom is -0.366 e. The number of sulfonamides is 1. The van der Waals surface area contributed by atoms with Gasteiger partial charge < -0.3 is 9.80 Å². The zero-order chi connectivity index (χ0) is 25.9. The van der Waals surface area contributed by atoms with Gasteiger partial charge in [-0.05, 0) is 54.8 Å². The monoisotopic (exact) mass is 509 g/mol. The average Bonchev–Trinajstić information content (AvgIpc) is 2.88. The van der Waals surface area contributed by atoms with Gasteiger partial charge in [-0.1, -0.05) is 55.8 Å². The Morgan fingerprint density at radius 2 is 1.53 bits per heavy atom. The van der Waals surface area contributed by atoms with Crippen LogP contribution in [0.5, 0.6) is 0 Å². The highest BCUT2D eigenvalue weighted by molar-refractivity contribution is 7.92. The molecule has 0 aliphatic carbocycles. The first-order valence-electron chi connectivity index (χ1n) is 12.1. The summed E-state index contributed by atoms with van der Waals surface area (Å²) in [5, 5.41) is 0. The molecule has 1 fully saturated rings. The molecule has 1 aliphatic heterocycles. The minimum atomic E-state index is -3.97. The number of nitrogens with zero attached hydrogens (tertiary/aromatic N) is 3. The molecule has 8 heteroatoms. The number of piperazine rings is 1. The van der Waals surface area contributed by atoms with Crippen molar-refractivity contribution in [3.05, 3.63) is 89.7 Å². The largest absolute Gasteiger partial charge is 0.366 e. The molecule has 1 amide bonds. The summed E-state index contributed by atoms with van der Waals surface area (Å²) >= 11 is 0. The predicted molar refractivity (Wildman–Crippen MR) is 141 cm³/mol. The number of carbonyl (C=O) groups excluding carboxylic acids is 1. The second kappa shape index (κ2) is 10.7. The number of para-hydroxylation sites is 1. The lowest BCUT2D eigenvalue weighted by molar-refractivity contribution is -0.129. The Bertz CT molecular complexity index is 1300. The molecule has 1 heterocycles. The quantitative estimate of drug-likeness (QED) is 0.459. The van der Waals surface area contributed by atoms with Crippen molar-refractivity contribution >= 4 is 27.3 Å². The number of halogens is 1.